The van der Waals surface area contributed by atoms with Crippen molar-refractivity contribution in [2.75, 3.05) is 5.32 Å². The smallest absolute Gasteiger partial charge is 0.325 e. The average molecular weight is 300 g/mol. The van der Waals surface area contributed by atoms with E-state index in [1.54, 1.807) is 44.2 Å². The van der Waals surface area contributed by atoms with Gasteiger partial charge in [-0.25, -0.2) is 4.79 Å². The maximum Gasteiger partial charge on any atom is 0.325 e. The second kappa shape index (κ2) is 5.85. The molecular weight excluding hydrogens is 284 g/mol. The molecule has 0 radical (unpaired) electrons. The fourth-order valence-electron chi connectivity index (χ4n) is 2.11. The molecule has 0 bridgehead atoms. The van der Waals surface area contributed by atoms with E-state index in [2.05, 4.69) is 10.6 Å². The van der Waals surface area contributed by atoms with Crippen LogP contribution in [0.2, 0.25) is 0 Å². The number of amides is 4. The van der Waals surface area contributed by atoms with Gasteiger partial charge in [0.15, 0.2) is 0 Å². The molecule has 114 valence electrons. The number of carbonyl (C=O) groups is 3. The van der Waals surface area contributed by atoms with Crippen molar-refractivity contribution in [2.45, 2.75) is 32.4 Å². The van der Waals surface area contributed by atoms with Crippen molar-refractivity contribution in [3.8, 4) is 6.07 Å². The number of rotatable bonds is 4. The zero-order valence-electron chi connectivity index (χ0n) is 12.3. The lowest BCUT2D eigenvalue weighted by molar-refractivity contribution is -0.130. The highest BCUT2D eigenvalue weighted by atomic mass is 16.2. The van der Waals surface area contributed by atoms with Gasteiger partial charge in [-0.1, -0.05) is 12.1 Å². The molecule has 1 aliphatic rings. The van der Waals surface area contributed by atoms with E-state index in [-0.39, 0.29) is 24.8 Å². The van der Waals surface area contributed by atoms with Gasteiger partial charge in [-0.3, -0.25) is 14.5 Å². The molecule has 1 aromatic rings. The summed E-state index contributed by atoms with van der Waals surface area (Å²) in [5.74, 6) is -0.657. The summed E-state index contributed by atoms with van der Waals surface area (Å²) in [5.41, 5.74) is 0.434. The normalized spacial score (nSPS) is 16.1. The van der Waals surface area contributed by atoms with Crippen molar-refractivity contribution in [3.63, 3.8) is 0 Å². The number of hydrogen-bond acceptors (Lipinski definition) is 4. The van der Waals surface area contributed by atoms with Gasteiger partial charge in [-0.2, -0.15) is 5.26 Å². The zero-order chi connectivity index (χ0) is 16.3. The van der Waals surface area contributed by atoms with E-state index in [9.17, 15) is 14.4 Å². The lowest BCUT2D eigenvalue weighted by Crippen LogP contribution is -2.40. The van der Waals surface area contributed by atoms with Crippen LogP contribution < -0.4 is 10.6 Å². The minimum absolute atomic E-state index is 0.167. The maximum atomic E-state index is 12.1. The van der Waals surface area contributed by atoms with E-state index in [1.165, 1.54) is 0 Å². The number of benzene rings is 1. The predicted molar refractivity (Wildman–Crippen MR) is 78.5 cm³/mol. The zero-order valence-corrected chi connectivity index (χ0v) is 12.3. The molecule has 0 aromatic heterocycles. The Kier molecular flexibility index (Phi) is 4.13. The lowest BCUT2D eigenvalue weighted by Gasteiger charge is -2.16. The number of nitrogens with one attached hydrogen (secondary N) is 2. The summed E-state index contributed by atoms with van der Waals surface area (Å²) >= 11 is 0. The van der Waals surface area contributed by atoms with E-state index < -0.39 is 11.6 Å². The third-order valence-corrected chi connectivity index (χ3v) is 3.26. The monoisotopic (exact) mass is 300 g/mol. The van der Waals surface area contributed by atoms with Crippen molar-refractivity contribution >= 4 is 23.5 Å². The van der Waals surface area contributed by atoms with Gasteiger partial charge in [0.05, 0.1) is 12.6 Å². The minimum Gasteiger partial charge on any atom is -0.325 e. The third-order valence-electron chi connectivity index (χ3n) is 3.26. The molecule has 1 fully saturated rings. The Bertz CT molecular complexity index is 658. The van der Waals surface area contributed by atoms with Crippen LogP contribution in [0.1, 0.15) is 25.8 Å². The molecule has 2 N–H and O–H groups in total. The minimum atomic E-state index is -0.887. The molecule has 1 aliphatic heterocycles. The molecule has 1 heterocycles. The highest BCUT2D eigenvalue weighted by Gasteiger charge is 2.43. The summed E-state index contributed by atoms with van der Waals surface area (Å²) in [6.07, 6.45) is -0.209. The summed E-state index contributed by atoms with van der Waals surface area (Å²) < 4.78 is 0. The number of anilines is 1. The second-order valence-electron chi connectivity index (χ2n) is 5.53. The first-order valence-corrected chi connectivity index (χ1v) is 6.73. The molecule has 0 atom stereocenters. The van der Waals surface area contributed by atoms with E-state index in [0.717, 1.165) is 10.5 Å². The highest BCUT2D eigenvalue weighted by Crippen LogP contribution is 2.20. The Morgan fingerprint density at radius 1 is 1.32 bits per heavy atom. The molecule has 0 spiro atoms. The molecule has 7 heteroatoms. The highest BCUT2D eigenvalue weighted by molar-refractivity contribution is 6.06. The topological polar surface area (TPSA) is 102 Å². The largest absolute Gasteiger partial charge is 0.325 e. The van der Waals surface area contributed by atoms with Gasteiger partial charge >= 0.3 is 6.03 Å². The van der Waals surface area contributed by atoms with Crippen LogP contribution in [0.15, 0.2) is 24.3 Å². The average Bonchev–Trinajstić information content (AvgIpc) is 2.63. The summed E-state index contributed by atoms with van der Waals surface area (Å²) in [6, 6.07) is 8.10. The van der Waals surface area contributed by atoms with Crippen LogP contribution in [-0.2, 0) is 16.1 Å². The van der Waals surface area contributed by atoms with E-state index in [1.807, 2.05) is 0 Å². The first kappa shape index (κ1) is 15.5. The molecule has 0 aliphatic carbocycles. The summed E-state index contributed by atoms with van der Waals surface area (Å²) in [4.78, 5) is 36.3. The Morgan fingerprint density at radius 3 is 2.45 bits per heavy atom. The van der Waals surface area contributed by atoms with Crippen molar-refractivity contribution in [3.05, 3.63) is 29.8 Å². The molecule has 7 nitrogen and oxygen atoms in total. The molecule has 0 unspecified atom stereocenters. The number of carbonyl (C=O) groups excluding carboxylic acids is 3. The van der Waals surface area contributed by atoms with Crippen LogP contribution >= 0.6 is 0 Å². The first-order chi connectivity index (χ1) is 10.3. The molecule has 1 aromatic carbocycles. The van der Waals surface area contributed by atoms with Gasteiger partial charge in [0.25, 0.3) is 5.91 Å². The molecule has 22 heavy (non-hydrogen) atoms. The van der Waals surface area contributed by atoms with Gasteiger partial charge in [0.2, 0.25) is 5.91 Å². The van der Waals surface area contributed by atoms with Crippen LogP contribution in [0.4, 0.5) is 10.5 Å². The SMILES string of the molecule is CC1(C)NC(=O)N(Cc2ccc(NC(=O)CC#N)cc2)C1=O. The Morgan fingerprint density at radius 2 is 1.95 bits per heavy atom. The van der Waals surface area contributed by atoms with Gasteiger partial charge in [0.1, 0.15) is 12.0 Å². The van der Waals surface area contributed by atoms with Gasteiger partial charge in [0, 0.05) is 5.69 Å². The van der Waals surface area contributed by atoms with E-state index in [4.69, 9.17) is 5.26 Å². The Balaban J connectivity index is 2.03. The van der Waals surface area contributed by atoms with E-state index >= 15 is 0 Å². The second-order valence-corrected chi connectivity index (χ2v) is 5.53. The number of nitriles is 1. The fourth-order valence-corrected chi connectivity index (χ4v) is 2.11. The van der Waals surface area contributed by atoms with Crippen molar-refractivity contribution < 1.29 is 14.4 Å². The quantitative estimate of drug-likeness (QED) is 0.820. The molecular formula is C15H16N4O3. The van der Waals surface area contributed by atoms with Crippen molar-refractivity contribution in [1.82, 2.24) is 10.2 Å². The van der Waals surface area contributed by atoms with Crippen molar-refractivity contribution in [1.29, 1.82) is 5.26 Å². The molecule has 4 amide bonds. The van der Waals surface area contributed by atoms with Gasteiger partial charge in [-0.05, 0) is 31.5 Å². The van der Waals surface area contributed by atoms with Gasteiger partial charge < -0.3 is 10.6 Å². The molecule has 0 saturated carbocycles. The van der Waals surface area contributed by atoms with Crippen LogP contribution in [0, 0.1) is 11.3 Å². The Hall–Kier alpha value is -2.88. The predicted octanol–water partition coefficient (Wildman–Crippen LogP) is 1.37. The lowest BCUT2D eigenvalue weighted by atomic mass is 10.1. The van der Waals surface area contributed by atoms with Crippen LogP contribution in [0.25, 0.3) is 0 Å². The summed E-state index contributed by atoms with van der Waals surface area (Å²) in [5, 5.41) is 13.6. The number of imide groups is 1. The maximum absolute atomic E-state index is 12.1. The van der Waals surface area contributed by atoms with Crippen molar-refractivity contribution in [2.24, 2.45) is 0 Å². The van der Waals surface area contributed by atoms with Crippen LogP contribution in [0.5, 0.6) is 0 Å². The number of nitrogens with zero attached hydrogens (tertiary/aromatic N) is 2. The number of urea groups is 1. The van der Waals surface area contributed by atoms with E-state index in [0.29, 0.717) is 5.69 Å². The fraction of sp³-hybridized carbons (Fsp3) is 0.333. The Labute approximate surface area is 127 Å². The molecule has 2 rings (SSSR count). The number of hydrogen-bond donors (Lipinski definition) is 2. The standard InChI is InChI=1S/C15H16N4O3/c1-15(2)13(21)19(14(22)18-15)9-10-3-5-11(6-4-10)17-12(20)7-8-16/h3-6H,7,9H2,1-2H3,(H,17,20)(H,18,22). The van der Waals surface area contributed by atoms with Gasteiger partial charge in [-0.15, -0.1) is 0 Å². The van der Waals surface area contributed by atoms with Crippen LogP contribution in [0.3, 0.4) is 0 Å². The molecule has 1 saturated heterocycles. The first-order valence-electron chi connectivity index (χ1n) is 6.73. The third kappa shape index (κ3) is 3.23. The van der Waals surface area contributed by atoms with Crippen LogP contribution in [-0.4, -0.2) is 28.3 Å². The summed E-state index contributed by atoms with van der Waals surface area (Å²) in [7, 11) is 0. The summed E-state index contributed by atoms with van der Waals surface area (Å²) in [6.45, 7) is 3.47.